The molecule has 1 saturated heterocycles. The fourth-order valence-electron chi connectivity index (χ4n) is 2.56. The van der Waals surface area contributed by atoms with Crippen molar-refractivity contribution in [1.29, 1.82) is 0 Å². The number of hydrogen-bond donors (Lipinski definition) is 2. The number of nitrogens with one attached hydrogen (secondary N) is 2. The van der Waals surface area contributed by atoms with Gasteiger partial charge >= 0.3 is 6.09 Å². The molecule has 1 aliphatic rings. The van der Waals surface area contributed by atoms with Crippen LogP contribution in [0.2, 0.25) is 0 Å². The number of methoxy groups -OCH3 is 1. The number of nitrogens with zero attached hydrogens (tertiary/aromatic N) is 2. The van der Waals surface area contributed by atoms with E-state index in [4.69, 9.17) is 9.47 Å². The molecule has 7 nitrogen and oxygen atoms in total. The Kier molecular flexibility index (Phi) is 10.2. The Bertz CT molecular complexity index is 355. The molecule has 1 aliphatic heterocycles. The molecular weight excluding hydrogens is 296 g/mol. The summed E-state index contributed by atoms with van der Waals surface area (Å²) >= 11 is 0. The zero-order valence-corrected chi connectivity index (χ0v) is 14.8. The number of amides is 1. The SMILES string of the molecule is CCOC(=O)N1CCC(NC(=NC)NCCCCCOC)CC1. The molecule has 2 N–H and O–H groups in total. The van der Waals surface area contributed by atoms with Gasteiger partial charge < -0.3 is 25.0 Å². The molecule has 0 aromatic rings. The second-order valence-corrected chi connectivity index (χ2v) is 5.66. The van der Waals surface area contributed by atoms with E-state index in [0.717, 1.165) is 64.3 Å². The van der Waals surface area contributed by atoms with Crippen LogP contribution in [0.5, 0.6) is 0 Å². The lowest BCUT2D eigenvalue weighted by Crippen LogP contribution is -2.50. The number of hydrogen-bond acceptors (Lipinski definition) is 4. The molecule has 0 bridgehead atoms. The van der Waals surface area contributed by atoms with Crippen LogP contribution in [-0.4, -0.2) is 70.0 Å². The smallest absolute Gasteiger partial charge is 0.409 e. The molecule has 1 heterocycles. The summed E-state index contributed by atoms with van der Waals surface area (Å²) < 4.78 is 10.1. The summed E-state index contributed by atoms with van der Waals surface area (Å²) in [5.74, 6) is 0.839. The number of carbonyl (C=O) groups is 1. The molecule has 0 spiro atoms. The van der Waals surface area contributed by atoms with E-state index in [0.29, 0.717) is 12.6 Å². The van der Waals surface area contributed by atoms with Gasteiger partial charge in [-0.3, -0.25) is 4.99 Å². The second kappa shape index (κ2) is 12.0. The molecule has 134 valence electrons. The van der Waals surface area contributed by atoms with Gasteiger partial charge in [-0.25, -0.2) is 4.79 Å². The quantitative estimate of drug-likeness (QED) is 0.402. The Morgan fingerprint density at radius 2 is 2.00 bits per heavy atom. The standard InChI is InChI=1S/C16H32N4O3/c1-4-23-16(21)20-11-8-14(9-12-20)19-15(17-2)18-10-6-5-7-13-22-3/h14H,4-13H2,1-3H3,(H2,17,18,19). The van der Waals surface area contributed by atoms with Crippen molar-refractivity contribution >= 4 is 12.1 Å². The fraction of sp³-hybridized carbons (Fsp3) is 0.875. The number of ether oxygens (including phenoxy) is 2. The highest BCUT2D eigenvalue weighted by Crippen LogP contribution is 2.11. The number of likely N-dealkylation sites (tertiary alicyclic amines) is 1. The van der Waals surface area contributed by atoms with Crippen LogP contribution in [0, 0.1) is 0 Å². The van der Waals surface area contributed by atoms with Gasteiger partial charge in [0.1, 0.15) is 0 Å². The molecule has 23 heavy (non-hydrogen) atoms. The predicted molar refractivity (Wildman–Crippen MR) is 91.8 cm³/mol. The average Bonchev–Trinajstić information content (AvgIpc) is 2.57. The molecule has 0 radical (unpaired) electrons. The van der Waals surface area contributed by atoms with Crippen molar-refractivity contribution in [2.24, 2.45) is 4.99 Å². The first-order valence-electron chi connectivity index (χ1n) is 8.59. The Morgan fingerprint density at radius 3 is 2.61 bits per heavy atom. The van der Waals surface area contributed by atoms with Gasteiger partial charge in [0.2, 0.25) is 0 Å². The van der Waals surface area contributed by atoms with Crippen molar-refractivity contribution in [2.75, 3.05) is 47.0 Å². The largest absolute Gasteiger partial charge is 0.450 e. The minimum atomic E-state index is -0.204. The molecule has 0 aromatic heterocycles. The number of guanidine groups is 1. The van der Waals surface area contributed by atoms with Crippen LogP contribution in [0.3, 0.4) is 0 Å². The summed E-state index contributed by atoms with van der Waals surface area (Å²) in [6.45, 7) is 5.45. The van der Waals surface area contributed by atoms with Crippen LogP contribution in [0.25, 0.3) is 0 Å². The van der Waals surface area contributed by atoms with Crippen LogP contribution in [0.15, 0.2) is 4.99 Å². The van der Waals surface area contributed by atoms with E-state index in [1.54, 1.807) is 19.1 Å². The average molecular weight is 328 g/mol. The van der Waals surface area contributed by atoms with Gasteiger partial charge in [-0.1, -0.05) is 0 Å². The van der Waals surface area contributed by atoms with Gasteiger partial charge in [-0.15, -0.1) is 0 Å². The topological polar surface area (TPSA) is 75.2 Å². The summed E-state index contributed by atoms with van der Waals surface area (Å²) in [7, 11) is 3.52. The minimum absolute atomic E-state index is 0.204. The van der Waals surface area contributed by atoms with Gasteiger partial charge in [0, 0.05) is 46.4 Å². The highest BCUT2D eigenvalue weighted by Gasteiger charge is 2.23. The third-order valence-corrected chi connectivity index (χ3v) is 3.90. The first-order valence-corrected chi connectivity index (χ1v) is 8.59. The monoisotopic (exact) mass is 328 g/mol. The van der Waals surface area contributed by atoms with Crippen molar-refractivity contribution < 1.29 is 14.3 Å². The van der Waals surface area contributed by atoms with E-state index < -0.39 is 0 Å². The summed E-state index contributed by atoms with van der Waals surface area (Å²) in [6, 6.07) is 0.348. The van der Waals surface area contributed by atoms with E-state index in [-0.39, 0.29) is 6.09 Å². The molecule has 1 amide bonds. The molecular formula is C16H32N4O3. The van der Waals surface area contributed by atoms with Crippen molar-refractivity contribution in [3.63, 3.8) is 0 Å². The number of aliphatic imine (C=N–C) groups is 1. The zero-order valence-electron chi connectivity index (χ0n) is 14.8. The Labute approximate surface area is 139 Å². The van der Waals surface area contributed by atoms with E-state index in [1.807, 2.05) is 6.92 Å². The van der Waals surface area contributed by atoms with E-state index in [9.17, 15) is 4.79 Å². The number of unbranched alkanes of at least 4 members (excludes halogenated alkanes) is 2. The van der Waals surface area contributed by atoms with Crippen molar-refractivity contribution in [2.45, 2.75) is 45.1 Å². The third kappa shape index (κ3) is 8.06. The first kappa shape index (κ1) is 19.5. The lowest BCUT2D eigenvalue weighted by Gasteiger charge is -2.32. The predicted octanol–water partition coefficient (Wildman–Crippen LogP) is 1.59. The summed E-state index contributed by atoms with van der Waals surface area (Å²) in [5.41, 5.74) is 0. The minimum Gasteiger partial charge on any atom is -0.450 e. The maximum absolute atomic E-state index is 11.7. The van der Waals surface area contributed by atoms with Crippen molar-refractivity contribution in [3.8, 4) is 0 Å². The van der Waals surface area contributed by atoms with Gasteiger partial charge in [0.25, 0.3) is 0 Å². The van der Waals surface area contributed by atoms with Crippen LogP contribution in [0.1, 0.15) is 39.0 Å². The number of piperidine rings is 1. The van der Waals surface area contributed by atoms with E-state index in [2.05, 4.69) is 15.6 Å². The van der Waals surface area contributed by atoms with Crippen LogP contribution in [0.4, 0.5) is 4.79 Å². The van der Waals surface area contributed by atoms with Crippen molar-refractivity contribution in [1.82, 2.24) is 15.5 Å². The molecule has 0 atom stereocenters. The Morgan fingerprint density at radius 1 is 1.26 bits per heavy atom. The van der Waals surface area contributed by atoms with Crippen LogP contribution >= 0.6 is 0 Å². The lowest BCUT2D eigenvalue weighted by molar-refractivity contribution is 0.0963. The lowest BCUT2D eigenvalue weighted by atomic mass is 10.1. The van der Waals surface area contributed by atoms with E-state index in [1.165, 1.54) is 0 Å². The third-order valence-electron chi connectivity index (χ3n) is 3.90. The van der Waals surface area contributed by atoms with Crippen LogP contribution in [-0.2, 0) is 9.47 Å². The van der Waals surface area contributed by atoms with Gasteiger partial charge in [0.05, 0.1) is 6.61 Å². The van der Waals surface area contributed by atoms with Gasteiger partial charge in [0.15, 0.2) is 5.96 Å². The molecule has 0 unspecified atom stereocenters. The summed E-state index contributed by atoms with van der Waals surface area (Å²) in [6.07, 6.45) is 4.96. The van der Waals surface area contributed by atoms with E-state index >= 15 is 0 Å². The first-order chi connectivity index (χ1) is 11.2. The summed E-state index contributed by atoms with van der Waals surface area (Å²) in [4.78, 5) is 17.7. The Hall–Kier alpha value is -1.50. The highest BCUT2D eigenvalue weighted by atomic mass is 16.6. The molecule has 1 rings (SSSR count). The maximum atomic E-state index is 11.7. The molecule has 0 saturated carbocycles. The summed E-state index contributed by atoms with van der Waals surface area (Å²) in [5, 5.41) is 6.78. The molecule has 0 aliphatic carbocycles. The molecule has 0 aromatic carbocycles. The van der Waals surface area contributed by atoms with Crippen LogP contribution < -0.4 is 10.6 Å². The zero-order chi connectivity index (χ0) is 16.9. The number of carbonyl (C=O) groups excluding carboxylic acids is 1. The fourth-order valence-corrected chi connectivity index (χ4v) is 2.56. The highest BCUT2D eigenvalue weighted by molar-refractivity contribution is 5.80. The maximum Gasteiger partial charge on any atom is 0.409 e. The number of rotatable bonds is 8. The van der Waals surface area contributed by atoms with Gasteiger partial charge in [-0.2, -0.15) is 0 Å². The second-order valence-electron chi connectivity index (χ2n) is 5.66. The molecule has 1 fully saturated rings. The Balaban J connectivity index is 2.18. The molecule has 7 heteroatoms. The van der Waals surface area contributed by atoms with Crippen molar-refractivity contribution in [3.05, 3.63) is 0 Å². The van der Waals surface area contributed by atoms with Gasteiger partial charge in [-0.05, 0) is 39.0 Å². The normalized spacial score (nSPS) is 16.3.